The van der Waals surface area contributed by atoms with E-state index >= 15 is 0 Å². The average Bonchev–Trinajstić information content (AvgIpc) is 2.47. The van der Waals surface area contributed by atoms with Gasteiger partial charge in [-0.1, -0.05) is 0 Å². The summed E-state index contributed by atoms with van der Waals surface area (Å²) in [6.45, 7) is 5.40. The van der Waals surface area contributed by atoms with Crippen molar-refractivity contribution in [3.8, 4) is 0 Å². The van der Waals surface area contributed by atoms with Gasteiger partial charge in [0, 0.05) is 33.9 Å². The van der Waals surface area contributed by atoms with E-state index in [4.69, 9.17) is 13.3 Å². The van der Waals surface area contributed by atoms with E-state index in [0.717, 1.165) is 38.8 Å². The van der Waals surface area contributed by atoms with Gasteiger partial charge in [-0.25, -0.2) is 0 Å². The molecule has 0 N–H and O–H groups in total. The normalized spacial score (nSPS) is 12.8. The van der Waals surface area contributed by atoms with E-state index in [2.05, 4.69) is 42.9 Å². The molecule has 0 aromatic carbocycles. The topological polar surface area (TPSA) is 37.4 Å². The lowest BCUT2D eigenvalue weighted by Crippen LogP contribution is -2.46. The Kier molecular flexibility index (Phi) is 12.4. The summed E-state index contributed by atoms with van der Waals surface area (Å²) >= 11 is 0. The molecule has 0 amide bonds. The summed E-state index contributed by atoms with van der Waals surface area (Å²) in [5, 5.41) is 0. The Balaban J connectivity index is 4.36. The molecule has 0 spiro atoms. The molecule has 0 aliphatic carbocycles. The summed E-state index contributed by atoms with van der Waals surface area (Å²) in [5.41, 5.74) is 0. The summed E-state index contributed by atoms with van der Waals surface area (Å²) in [6.07, 6.45) is 2.35. The highest BCUT2D eigenvalue weighted by atomic mass is 28.4. The van der Waals surface area contributed by atoms with E-state index in [1.807, 2.05) is 0 Å². The number of hydrogen-bond acceptors (Lipinski definition) is 6. The van der Waals surface area contributed by atoms with Crippen LogP contribution in [0.2, 0.25) is 6.04 Å². The molecule has 7 heteroatoms. The summed E-state index contributed by atoms with van der Waals surface area (Å²) in [5.74, 6) is 0. The van der Waals surface area contributed by atoms with Gasteiger partial charge in [0.05, 0.1) is 0 Å². The molecule has 0 saturated carbocycles. The van der Waals surface area contributed by atoms with Gasteiger partial charge in [-0.3, -0.25) is 0 Å². The van der Waals surface area contributed by atoms with E-state index in [1.165, 1.54) is 12.8 Å². The van der Waals surface area contributed by atoms with Gasteiger partial charge in [-0.2, -0.15) is 0 Å². The van der Waals surface area contributed by atoms with Crippen molar-refractivity contribution in [2.75, 3.05) is 82.2 Å². The van der Waals surface area contributed by atoms with Gasteiger partial charge in [0.15, 0.2) is 0 Å². The maximum Gasteiger partial charge on any atom is 0.501 e. The van der Waals surface area contributed by atoms with Crippen molar-refractivity contribution >= 4 is 8.80 Å². The first-order valence-electron chi connectivity index (χ1n) is 8.06. The first-order chi connectivity index (χ1) is 10.4. The van der Waals surface area contributed by atoms with E-state index in [1.54, 1.807) is 21.3 Å². The Morgan fingerprint density at radius 2 is 1.05 bits per heavy atom. The highest BCUT2D eigenvalue weighted by molar-refractivity contribution is 6.60. The van der Waals surface area contributed by atoms with Crippen molar-refractivity contribution in [3.63, 3.8) is 0 Å². The lowest BCUT2D eigenvalue weighted by molar-refractivity contribution is 0.117. The van der Waals surface area contributed by atoms with E-state index < -0.39 is 8.80 Å². The van der Waals surface area contributed by atoms with E-state index in [-0.39, 0.29) is 0 Å². The van der Waals surface area contributed by atoms with Crippen LogP contribution in [0.4, 0.5) is 0 Å². The maximum absolute atomic E-state index is 5.52. The fourth-order valence-corrected chi connectivity index (χ4v) is 4.11. The fourth-order valence-electron chi connectivity index (χ4n) is 2.41. The minimum Gasteiger partial charge on any atom is -0.377 e. The standard InChI is InChI=1S/C15H37N3O3Si/c1-16(2)10-8-12-18(13-9-11-17(3)4)14-15-22(19-5,20-6)21-7/h8-15H2,1-7H3. The molecule has 0 aliphatic heterocycles. The summed E-state index contributed by atoms with van der Waals surface area (Å²) in [6, 6.07) is 0.834. The molecule has 0 aromatic rings. The van der Waals surface area contributed by atoms with Gasteiger partial charge < -0.3 is 28.0 Å². The Bertz CT molecular complexity index is 242. The van der Waals surface area contributed by atoms with Gasteiger partial charge in [-0.15, -0.1) is 0 Å². The lowest BCUT2D eigenvalue weighted by atomic mass is 10.3. The van der Waals surface area contributed by atoms with Crippen molar-refractivity contribution in [3.05, 3.63) is 0 Å². The smallest absolute Gasteiger partial charge is 0.377 e. The summed E-state index contributed by atoms with van der Waals surface area (Å²) < 4.78 is 16.6. The third-order valence-electron chi connectivity index (χ3n) is 3.83. The molecule has 0 radical (unpaired) electrons. The van der Waals surface area contributed by atoms with Gasteiger partial charge in [0.1, 0.15) is 0 Å². The fraction of sp³-hybridized carbons (Fsp3) is 1.00. The monoisotopic (exact) mass is 335 g/mol. The van der Waals surface area contributed by atoms with Crippen molar-refractivity contribution in [1.29, 1.82) is 0 Å². The first-order valence-corrected chi connectivity index (χ1v) is 9.99. The third kappa shape index (κ3) is 9.89. The van der Waals surface area contributed by atoms with Crippen LogP contribution in [-0.2, 0) is 13.3 Å². The second-order valence-electron chi connectivity index (χ2n) is 6.20. The molecule has 0 aliphatic rings. The molecule has 0 unspecified atom stereocenters. The number of nitrogens with zero attached hydrogens (tertiary/aromatic N) is 3. The summed E-state index contributed by atoms with van der Waals surface area (Å²) in [7, 11) is 11.1. The molecule has 0 atom stereocenters. The summed E-state index contributed by atoms with van der Waals surface area (Å²) in [4.78, 5) is 6.97. The zero-order valence-electron chi connectivity index (χ0n) is 15.7. The van der Waals surface area contributed by atoms with Crippen LogP contribution < -0.4 is 0 Å². The molecule has 0 bridgehead atoms. The zero-order chi connectivity index (χ0) is 17.0. The Hall–Kier alpha value is -0.0231. The second kappa shape index (κ2) is 12.4. The van der Waals surface area contributed by atoms with Crippen LogP contribution in [0.15, 0.2) is 0 Å². The minimum absolute atomic E-state index is 0.834. The number of rotatable bonds is 14. The van der Waals surface area contributed by atoms with Gasteiger partial charge in [-0.05, 0) is 67.2 Å². The SMILES string of the molecule is CO[Si](CCN(CCCN(C)C)CCCN(C)C)(OC)OC. The largest absolute Gasteiger partial charge is 0.501 e. The predicted octanol–water partition coefficient (Wildman–Crippen LogP) is 1.07. The van der Waals surface area contributed by atoms with Crippen LogP contribution in [0.1, 0.15) is 12.8 Å². The van der Waals surface area contributed by atoms with Crippen LogP contribution in [0, 0.1) is 0 Å². The van der Waals surface area contributed by atoms with Crippen LogP contribution in [0.25, 0.3) is 0 Å². The molecule has 22 heavy (non-hydrogen) atoms. The second-order valence-corrected chi connectivity index (χ2v) is 9.29. The van der Waals surface area contributed by atoms with E-state index in [0.29, 0.717) is 0 Å². The van der Waals surface area contributed by atoms with Gasteiger partial charge in [0.2, 0.25) is 0 Å². The van der Waals surface area contributed by atoms with Crippen molar-refractivity contribution in [2.45, 2.75) is 18.9 Å². The molecule has 0 saturated heterocycles. The van der Waals surface area contributed by atoms with Crippen molar-refractivity contribution in [1.82, 2.24) is 14.7 Å². The molecular weight excluding hydrogens is 298 g/mol. The average molecular weight is 336 g/mol. The first kappa shape index (κ1) is 22.0. The highest BCUT2D eigenvalue weighted by Gasteiger charge is 2.37. The quantitative estimate of drug-likeness (QED) is 0.442. The van der Waals surface area contributed by atoms with Crippen molar-refractivity contribution in [2.24, 2.45) is 0 Å². The predicted molar refractivity (Wildman–Crippen MR) is 94.4 cm³/mol. The van der Waals surface area contributed by atoms with Crippen LogP contribution >= 0.6 is 0 Å². The lowest BCUT2D eigenvalue weighted by Gasteiger charge is -2.29. The molecule has 0 rings (SSSR count). The Morgan fingerprint density at radius 3 is 1.36 bits per heavy atom. The molecule has 0 fully saturated rings. The van der Waals surface area contributed by atoms with Crippen LogP contribution in [0.5, 0.6) is 0 Å². The van der Waals surface area contributed by atoms with E-state index in [9.17, 15) is 0 Å². The van der Waals surface area contributed by atoms with Crippen molar-refractivity contribution < 1.29 is 13.3 Å². The highest BCUT2D eigenvalue weighted by Crippen LogP contribution is 2.13. The van der Waals surface area contributed by atoms with Gasteiger partial charge in [0.25, 0.3) is 0 Å². The van der Waals surface area contributed by atoms with Crippen LogP contribution in [0.3, 0.4) is 0 Å². The van der Waals surface area contributed by atoms with Gasteiger partial charge >= 0.3 is 8.80 Å². The molecule has 6 nitrogen and oxygen atoms in total. The molecule has 0 aromatic heterocycles. The zero-order valence-corrected chi connectivity index (χ0v) is 16.7. The van der Waals surface area contributed by atoms with Crippen LogP contribution in [-0.4, -0.2) is 106 Å². The molecule has 0 heterocycles. The third-order valence-corrected chi connectivity index (χ3v) is 6.53. The number of hydrogen-bond donors (Lipinski definition) is 0. The molecule has 134 valence electrons. The molecular formula is C15H37N3O3Si. The maximum atomic E-state index is 5.52. The Morgan fingerprint density at radius 1 is 0.636 bits per heavy atom. The minimum atomic E-state index is -2.46. The Labute approximate surface area is 138 Å².